The fourth-order valence-corrected chi connectivity index (χ4v) is 4.30. The number of ether oxygens (including phenoxy) is 1. The van der Waals surface area contributed by atoms with Crippen LogP contribution in [-0.2, 0) is 11.2 Å². The quantitative estimate of drug-likeness (QED) is 0.799. The topological polar surface area (TPSA) is 55.0 Å². The zero-order chi connectivity index (χ0) is 15.8. The molecule has 0 spiro atoms. The van der Waals surface area contributed by atoms with E-state index in [9.17, 15) is 4.79 Å². The van der Waals surface area contributed by atoms with E-state index in [4.69, 9.17) is 4.74 Å². The Balaban J connectivity index is 1.81. The summed E-state index contributed by atoms with van der Waals surface area (Å²) in [5.74, 6) is 0.732. The maximum absolute atomic E-state index is 12.7. The average Bonchev–Trinajstić information content (AvgIpc) is 3.15. The van der Waals surface area contributed by atoms with Gasteiger partial charge in [0.1, 0.15) is 10.7 Å². The van der Waals surface area contributed by atoms with Crippen molar-refractivity contribution in [3.8, 4) is 11.1 Å². The monoisotopic (exact) mass is 326 g/mol. The number of rotatable bonds is 3. The summed E-state index contributed by atoms with van der Waals surface area (Å²) in [4.78, 5) is 22.2. The number of thiophene rings is 1. The van der Waals surface area contributed by atoms with E-state index < -0.39 is 0 Å². The molecular weight excluding hydrogens is 308 g/mol. The molecule has 1 fully saturated rings. The minimum atomic E-state index is -0.0498. The Morgan fingerprint density at radius 3 is 2.91 bits per heavy atom. The van der Waals surface area contributed by atoms with Crippen molar-refractivity contribution in [2.24, 2.45) is 0 Å². The number of hydrogen-bond donors (Lipinski definition) is 1. The van der Waals surface area contributed by atoms with E-state index in [-0.39, 0.29) is 11.7 Å². The van der Waals surface area contributed by atoms with Crippen molar-refractivity contribution >= 4 is 21.6 Å². The number of fused-ring (bicyclic) bond motifs is 1. The molecule has 4 rings (SSSR count). The highest BCUT2D eigenvalue weighted by Gasteiger charge is 2.20. The Morgan fingerprint density at radius 2 is 2.17 bits per heavy atom. The molecule has 1 aromatic carbocycles. The van der Waals surface area contributed by atoms with Gasteiger partial charge in [0.15, 0.2) is 0 Å². The first kappa shape index (κ1) is 14.6. The van der Waals surface area contributed by atoms with Crippen LogP contribution in [0.4, 0.5) is 0 Å². The van der Waals surface area contributed by atoms with Crippen LogP contribution in [-0.4, -0.2) is 22.7 Å². The molecule has 2 aromatic heterocycles. The molecule has 0 saturated carbocycles. The van der Waals surface area contributed by atoms with Crippen LogP contribution in [0.2, 0.25) is 0 Å². The third kappa shape index (κ3) is 2.71. The number of nitrogens with one attached hydrogen (secondary N) is 1. The van der Waals surface area contributed by atoms with E-state index in [0.29, 0.717) is 11.8 Å². The third-order valence-electron chi connectivity index (χ3n) is 4.29. The molecular formula is C18H18N2O2S. The lowest BCUT2D eigenvalue weighted by molar-refractivity contribution is 0.110. The number of aromatic nitrogens is 2. The standard InChI is InChI=1S/C18H18N2O2S/c1-11-15(12-6-3-2-4-7-12)16-17(21)19-14(20-18(16)23-11)10-13-8-5-9-22-13/h2-4,6-7,13H,5,8-10H2,1H3,(H,19,20,21). The highest BCUT2D eigenvalue weighted by molar-refractivity contribution is 7.19. The molecule has 3 aromatic rings. The fraction of sp³-hybridized carbons (Fsp3) is 0.333. The van der Waals surface area contributed by atoms with Crippen LogP contribution >= 0.6 is 11.3 Å². The summed E-state index contributed by atoms with van der Waals surface area (Å²) in [6.07, 6.45) is 3.00. The molecule has 1 aliphatic heterocycles. The third-order valence-corrected chi connectivity index (χ3v) is 5.29. The van der Waals surface area contributed by atoms with Crippen molar-refractivity contribution in [2.75, 3.05) is 6.61 Å². The molecule has 0 radical (unpaired) electrons. The second-order valence-electron chi connectivity index (χ2n) is 5.93. The number of aromatic amines is 1. The van der Waals surface area contributed by atoms with Gasteiger partial charge in [0.05, 0.1) is 11.5 Å². The molecule has 1 unspecified atom stereocenters. The lowest BCUT2D eigenvalue weighted by Gasteiger charge is -2.08. The molecule has 0 aliphatic carbocycles. The first-order valence-corrected chi connectivity index (χ1v) is 8.73. The minimum Gasteiger partial charge on any atom is -0.378 e. The Morgan fingerprint density at radius 1 is 1.35 bits per heavy atom. The second-order valence-corrected chi connectivity index (χ2v) is 7.13. The van der Waals surface area contributed by atoms with E-state index in [1.165, 1.54) is 0 Å². The van der Waals surface area contributed by atoms with Crippen molar-refractivity contribution in [2.45, 2.75) is 32.3 Å². The maximum Gasteiger partial charge on any atom is 0.260 e. The van der Waals surface area contributed by atoms with Crippen LogP contribution in [0.15, 0.2) is 35.1 Å². The van der Waals surface area contributed by atoms with Crippen LogP contribution in [0.5, 0.6) is 0 Å². The van der Waals surface area contributed by atoms with Gasteiger partial charge in [-0.05, 0) is 25.3 Å². The molecule has 118 valence electrons. The van der Waals surface area contributed by atoms with E-state index in [1.54, 1.807) is 11.3 Å². The van der Waals surface area contributed by atoms with E-state index in [2.05, 4.69) is 9.97 Å². The van der Waals surface area contributed by atoms with Gasteiger partial charge in [-0.15, -0.1) is 11.3 Å². The van der Waals surface area contributed by atoms with Gasteiger partial charge in [0, 0.05) is 23.5 Å². The van der Waals surface area contributed by atoms with Gasteiger partial charge in [0.2, 0.25) is 0 Å². The van der Waals surface area contributed by atoms with Crippen LogP contribution < -0.4 is 5.56 Å². The van der Waals surface area contributed by atoms with E-state index in [1.807, 2.05) is 37.3 Å². The summed E-state index contributed by atoms with van der Waals surface area (Å²) in [7, 11) is 0. The van der Waals surface area contributed by atoms with E-state index >= 15 is 0 Å². The van der Waals surface area contributed by atoms with Gasteiger partial charge in [-0.25, -0.2) is 4.98 Å². The average molecular weight is 326 g/mol. The van der Waals surface area contributed by atoms with Crippen LogP contribution in [0.25, 0.3) is 21.3 Å². The zero-order valence-corrected chi connectivity index (χ0v) is 13.8. The number of nitrogens with zero attached hydrogens (tertiary/aromatic N) is 1. The van der Waals surface area contributed by atoms with Gasteiger partial charge in [-0.3, -0.25) is 4.79 Å². The predicted molar refractivity (Wildman–Crippen MR) is 93.1 cm³/mol. The molecule has 23 heavy (non-hydrogen) atoms. The lowest BCUT2D eigenvalue weighted by Crippen LogP contribution is -2.17. The number of benzene rings is 1. The molecule has 1 atom stereocenters. The maximum atomic E-state index is 12.7. The highest BCUT2D eigenvalue weighted by Crippen LogP contribution is 2.35. The first-order valence-electron chi connectivity index (χ1n) is 7.91. The van der Waals surface area contributed by atoms with Gasteiger partial charge in [0.25, 0.3) is 5.56 Å². The molecule has 1 N–H and O–H groups in total. The van der Waals surface area contributed by atoms with Crippen molar-refractivity contribution in [3.63, 3.8) is 0 Å². The van der Waals surface area contributed by atoms with Gasteiger partial charge in [-0.2, -0.15) is 0 Å². The van der Waals surface area contributed by atoms with Crippen LogP contribution in [0, 0.1) is 6.92 Å². The Hall–Kier alpha value is -1.98. The molecule has 3 heterocycles. The Kier molecular flexibility index (Phi) is 3.75. The zero-order valence-electron chi connectivity index (χ0n) is 13.0. The van der Waals surface area contributed by atoms with Crippen molar-refractivity contribution in [1.29, 1.82) is 0 Å². The summed E-state index contributed by atoms with van der Waals surface area (Å²) in [5.41, 5.74) is 2.02. The summed E-state index contributed by atoms with van der Waals surface area (Å²) in [6.45, 7) is 2.86. The van der Waals surface area contributed by atoms with E-state index in [0.717, 1.165) is 46.1 Å². The summed E-state index contributed by atoms with van der Waals surface area (Å²) < 4.78 is 5.65. The first-order chi connectivity index (χ1) is 11.2. The van der Waals surface area contributed by atoms with Gasteiger partial charge in [-0.1, -0.05) is 30.3 Å². The molecule has 0 amide bonds. The normalized spacial score (nSPS) is 17.9. The number of H-pyrrole nitrogens is 1. The lowest BCUT2D eigenvalue weighted by atomic mass is 10.0. The molecule has 4 nitrogen and oxygen atoms in total. The summed E-state index contributed by atoms with van der Waals surface area (Å²) >= 11 is 1.59. The minimum absolute atomic E-state index is 0.0498. The predicted octanol–water partition coefficient (Wildman–Crippen LogP) is 3.68. The SMILES string of the molecule is Cc1sc2nc(CC3CCCO3)[nH]c(=O)c2c1-c1ccccc1. The molecule has 1 aliphatic rings. The summed E-state index contributed by atoms with van der Waals surface area (Å²) in [5, 5.41) is 0.704. The van der Waals surface area contributed by atoms with Crippen molar-refractivity contribution in [1.82, 2.24) is 9.97 Å². The Labute approximate surface area is 138 Å². The second kappa shape index (κ2) is 5.91. The van der Waals surface area contributed by atoms with Crippen LogP contribution in [0.1, 0.15) is 23.5 Å². The van der Waals surface area contributed by atoms with Crippen molar-refractivity contribution in [3.05, 3.63) is 51.4 Å². The van der Waals surface area contributed by atoms with Gasteiger partial charge >= 0.3 is 0 Å². The highest BCUT2D eigenvalue weighted by atomic mass is 32.1. The number of hydrogen-bond acceptors (Lipinski definition) is 4. The molecule has 0 bridgehead atoms. The summed E-state index contributed by atoms with van der Waals surface area (Å²) in [6, 6.07) is 10.0. The fourth-order valence-electron chi connectivity index (χ4n) is 3.23. The molecule has 1 saturated heterocycles. The van der Waals surface area contributed by atoms with Crippen molar-refractivity contribution < 1.29 is 4.74 Å². The smallest absolute Gasteiger partial charge is 0.260 e. The largest absolute Gasteiger partial charge is 0.378 e. The number of aryl methyl sites for hydroxylation is 1. The van der Waals surface area contributed by atoms with Crippen LogP contribution in [0.3, 0.4) is 0 Å². The molecule has 5 heteroatoms. The Bertz CT molecular complexity index is 893. The van der Waals surface area contributed by atoms with Gasteiger partial charge < -0.3 is 9.72 Å².